The highest BCUT2D eigenvalue weighted by molar-refractivity contribution is 6.08. The van der Waals surface area contributed by atoms with Gasteiger partial charge in [-0.05, 0) is 75.5 Å². The molecule has 330 valence electrons. The highest BCUT2D eigenvalue weighted by Crippen LogP contribution is 2.36. The van der Waals surface area contributed by atoms with Gasteiger partial charge in [0.25, 0.3) is 12.3 Å². The number of nitrogens with zero attached hydrogens (tertiary/aromatic N) is 9. The number of nitrogens with one attached hydrogen (secondary N) is 2. The standard InChI is InChI=1S/C44H49F2N11O6/c1-52-39-27(4-2-6-34(39)57(44(52)61)35-11-12-37(58)50-43(35)60)5-3-19-62-30-13-16-53(17-14-30)22-26-7-9-28(10-8-26)56-24-33(38(51-56)40(45)46)48-42(59)32-21-47-55-18-15-36(49-41(32)55)54-23-31-20-29(54)25-63-31/h2,4,6,15,18,21,24,26,28-31,35,40H,7-14,16-17,19-20,22-23,25H2,1H3,(H,48,59)(H,50,58,60)/t26?,28?,29-,31-,35?/m1/s1/i28D. The second-order valence-corrected chi connectivity index (χ2v) is 17.2. The zero-order valence-electron chi connectivity index (χ0n) is 35.8. The van der Waals surface area contributed by atoms with Gasteiger partial charge in [0.15, 0.2) is 11.3 Å². The van der Waals surface area contributed by atoms with Gasteiger partial charge in [0, 0.05) is 52.0 Å². The molecule has 4 aromatic heterocycles. The number of aromatic nitrogens is 7. The van der Waals surface area contributed by atoms with E-state index in [1.54, 1.807) is 25.4 Å². The Balaban J connectivity index is 0.712. The molecule has 0 spiro atoms. The van der Waals surface area contributed by atoms with Gasteiger partial charge in [-0.15, -0.1) is 0 Å². The first-order valence-electron chi connectivity index (χ1n) is 22.2. The number of amides is 3. The number of benzene rings is 1. The van der Waals surface area contributed by atoms with Gasteiger partial charge in [-0.25, -0.2) is 23.1 Å². The van der Waals surface area contributed by atoms with Crippen LogP contribution in [0.5, 0.6) is 0 Å². The summed E-state index contributed by atoms with van der Waals surface area (Å²) in [6.45, 7) is 4.14. The number of alkyl halides is 2. The van der Waals surface area contributed by atoms with Crippen LogP contribution in [0.4, 0.5) is 20.3 Å². The Morgan fingerprint density at radius 2 is 1.94 bits per heavy atom. The summed E-state index contributed by atoms with van der Waals surface area (Å²) in [5.41, 5.74) is 1.23. The van der Waals surface area contributed by atoms with Gasteiger partial charge in [-0.1, -0.05) is 17.9 Å². The number of carbonyl (C=O) groups is 3. The van der Waals surface area contributed by atoms with Crippen molar-refractivity contribution in [2.45, 2.75) is 94.5 Å². The molecule has 5 aromatic rings. The molecule has 63 heavy (non-hydrogen) atoms. The van der Waals surface area contributed by atoms with E-state index in [2.05, 4.69) is 42.5 Å². The summed E-state index contributed by atoms with van der Waals surface area (Å²) in [5.74, 6) is 5.83. The molecule has 5 aliphatic rings. The van der Waals surface area contributed by atoms with E-state index in [1.165, 1.54) is 30.7 Å². The van der Waals surface area contributed by atoms with Crippen LogP contribution in [-0.2, 0) is 26.1 Å². The molecular weight excluding hydrogens is 817 g/mol. The number of anilines is 2. The molecule has 17 nitrogen and oxygen atoms in total. The molecule has 1 aliphatic carbocycles. The fourth-order valence-corrected chi connectivity index (χ4v) is 9.96. The molecule has 1 saturated carbocycles. The van der Waals surface area contributed by atoms with E-state index in [1.807, 2.05) is 12.1 Å². The van der Waals surface area contributed by atoms with Gasteiger partial charge in [0.1, 0.15) is 24.0 Å². The molecule has 4 aliphatic heterocycles. The van der Waals surface area contributed by atoms with Crippen molar-refractivity contribution < 1.29 is 34.0 Å². The number of ether oxygens (including phenoxy) is 2. The quantitative estimate of drug-likeness (QED) is 0.154. The van der Waals surface area contributed by atoms with Gasteiger partial charge < -0.3 is 24.6 Å². The zero-order valence-corrected chi connectivity index (χ0v) is 34.8. The average Bonchev–Trinajstić information content (AvgIpc) is 4.14. The van der Waals surface area contributed by atoms with E-state index in [0.717, 1.165) is 51.7 Å². The summed E-state index contributed by atoms with van der Waals surface area (Å²) < 4.78 is 55.6. The van der Waals surface area contributed by atoms with Gasteiger partial charge in [0.05, 0.1) is 60.7 Å². The number of piperidine rings is 2. The molecule has 1 aromatic carbocycles. The maximum Gasteiger partial charge on any atom is 0.329 e. The van der Waals surface area contributed by atoms with E-state index in [9.17, 15) is 29.3 Å². The van der Waals surface area contributed by atoms with Crippen LogP contribution in [0.1, 0.15) is 99.3 Å². The fraction of sp³-hybridized carbons (Fsp3) is 0.523. The van der Waals surface area contributed by atoms with Crippen LogP contribution in [0.3, 0.4) is 0 Å². The monoisotopic (exact) mass is 866 g/mol. The van der Waals surface area contributed by atoms with Gasteiger partial charge in [0.2, 0.25) is 11.8 Å². The Morgan fingerprint density at radius 3 is 2.68 bits per heavy atom. The number of hydrogen-bond donors (Lipinski definition) is 2. The second kappa shape index (κ2) is 17.0. The van der Waals surface area contributed by atoms with Crippen LogP contribution in [0, 0.1) is 17.8 Å². The van der Waals surface area contributed by atoms with Gasteiger partial charge in [-0.3, -0.25) is 33.5 Å². The topological polar surface area (TPSA) is 175 Å². The Bertz CT molecular complexity index is 2760. The minimum Gasteiger partial charge on any atom is -0.374 e. The Labute approximate surface area is 362 Å². The molecule has 2 N–H and O–H groups in total. The number of halogens is 2. The first kappa shape index (κ1) is 39.8. The third-order valence-electron chi connectivity index (χ3n) is 13.3. The lowest BCUT2D eigenvalue weighted by Gasteiger charge is -2.36. The zero-order chi connectivity index (χ0) is 44.3. The summed E-state index contributed by atoms with van der Waals surface area (Å²) in [6.07, 6.45) is 7.06. The number of carbonyl (C=O) groups excluding carboxylic acids is 3. The number of rotatable bonds is 10. The summed E-state index contributed by atoms with van der Waals surface area (Å²) in [4.78, 5) is 60.4. The van der Waals surface area contributed by atoms with Crippen LogP contribution in [-0.4, -0.2) is 114 Å². The van der Waals surface area contributed by atoms with Crippen molar-refractivity contribution in [1.29, 1.82) is 0 Å². The molecule has 4 saturated heterocycles. The van der Waals surface area contributed by atoms with E-state index in [-0.39, 0.29) is 60.5 Å². The number of imide groups is 1. The smallest absolute Gasteiger partial charge is 0.329 e. The summed E-state index contributed by atoms with van der Waals surface area (Å²) in [7, 11) is 1.65. The van der Waals surface area contributed by atoms with Crippen molar-refractivity contribution in [3.63, 3.8) is 0 Å². The highest BCUT2D eigenvalue weighted by atomic mass is 19.3. The molecule has 8 heterocycles. The number of likely N-dealkylation sites (tertiary alicyclic amines) is 1. The molecule has 1 unspecified atom stereocenters. The lowest BCUT2D eigenvalue weighted by Crippen LogP contribution is -2.44. The molecule has 3 amide bonds. The number of aryl methyl sites for hydroxylation is 1. The Morgan fingerprint density at radius 1 is 1.11 bits per heavy atom. The predicted octanol–water partition coefficient (Wildman–Crippen LogP) is 3.99. The van der Waals surface area contributed by atoms with E-state index < -0.39 is 36.0 Å². The lowest BCUT2D eigenvalue weighted by molar-refractivity contribution is -0.135. The third kappa shape index (κ3) is 8.00. The molecule has 0 radical (unpaired) electrons. The van der Waals surface area contributed by atoms with Gasteiger partial charge >= 0.3 is 5.69 Å². The van der Waals surface area contributed by atoms with Crippen molar-refractivity contribution in [3.8, 4) is 11.8 Å². The van der Waals surface area contributed by atoms with E-state index >= 15 is 0 Å². The summed E-state index contributed by atoms with van der Waals surface area (Å²) >= 11 is 0. The predicted molar refractivity (Wildman–Crippen MR) is 226 cm³/mol. The van der Waals surface area contributed by atoms with Crippen molar-refractivity contribution in [2.75, 3.05) is 49.6 Å². The first-order valence-corrected chi connectivity index (χ1v) is 21.7. The molecular formula is C44H49F2N11O6. The summed E-state index contributed by atoms with van der Waals surface area (Å²) in [6, 6.07) is 5.46. The highest BCUT2D eigenvalue weighted by Gasteiger charge is 2.40. The second-order valence-electron chi connectivity index (χ2n) is 17.2. The summed E-state index contributed by atoms with van der Waals surface area (Å²) in [5, 5.41) is 13.4. The lowest BCUT2D eigenvalue weighted by atomic mass is 9.85. The third-order valence-corrected chi connectivity index (χ3v) is 13.3. The normalized spacial score (nSPS) is 25.8. The first-order chi connectivity index (χ1) is 30.9. The van der Waals surface area contributed by atoms with Crippen LogP contribution >= 0.6 is 0 Å². The van der Waals surface area contributed by atoms with Crippen molar-refractivity contribution in [3.05, 3.63) is 70.2 Å². The number of morpholine rings is 1. The van der Waals surface area contributed by atoms with Crippen LogP contribution in [0.15, 0.2) is 47.7 Å². The molecule has 10 rings (SSSR count). The number of imidazole rings is 1. The van der Waals surface area contributed by atoms with Crippen molar-refractivity contribution in [2.24, 2.45) is 13.0 Å². The number of fused-ring (bicyclic) bond motifs is 4. The van der Waals surface area contributed by atoms with E-state index in [0.29, 0.717) is 60.0 Å². The van der Waals surface area contributed by atoms with Crippen molar-refractivity contribution in [1.82, 2.24) is 43.7 Å². The van der Waals surface area contributed by atoms with Crippen LogP contribution in [0.2, 0.25) is 0 Å². The van der Waals surface area contributed by atoms with Crippen LogP contribution < -0.4 is 21.2 Å². The Kier molecular flexibility index (Phi) is 10.7. The Hall–Kier alpha value is -5.97. The van der Waals surface area contributed by atoms with Gasteiger partial charge in [-0.2, -0.15) is 10.2 Å². The van der Waals surface area contributed by atoms with E-state index in [4.69, 9.17) is 14.5 Å². The number of para-hydroxylation sites is 1. The fourth-order valence-electron chi connectivity index (χ4n) is 9.96. The molecule has 19 heteroatoms. The number of hydrogen-bond acceptors (Lipinski definition) is 11. The molecule has 2 bridgehead atoms. The molecule has 3 atom stereocenters. The maximum atomic E-state index is 14.4. The maximum absolute atomic E-state index is 14.4. The van der Waals surface area contributed by atoms with Crippen molar-refractivity contribution >= 4 is 45.9 Å². The average molecular weight is 867 g/mol. The SMILES string of the molecule is [2H]C1(n2cc(NC(=O)c3cnn4ccc(N5C[C@H]6C[C@@H]5CO6)nc34)c(C(F)F)n2)CCC(CN2CCC(OCC#Cc3cccc4c3n(C)c(=O)n4C3CCC(=O)NC3=O)CC2)CC1. The minimum absolute atomic E-state index is 0.0483. The minimum atomic E-state index is -2.96. The molecule has 5 fully saturated rings. The van der Waals surface area contributed by atoms with Crippen LogP contribution in [0.25, 0.3) is 16.7 Å². The largest absolute Gasteiger partial charge is 0.374 e.